The van der Waals surface area contributed by atoms with Gasteiger partial charge in [0.05, 0.1) is 11.9 Å². The summed E-state index contributed by atoms with van der Waals surface area (Å²) in [5, 5.41) is 9.53. The molecular formula is C10H20O3S. The van der Waals surface area contributed by atoms with Crippen molar-refractivity contribution in [1.29, 1.82) is 0 Å². The third-order valence-electron chi connectivity index (χ3n) is 2.73. The van der Waals surface area contributed by atoms with Crippen LogP contribution in [0.2, 0.25) is 0 Å². The minimum absolute atomic E-state index is 0.214. The van der Waals surface area contributed by atoms with E-state index in [4.69, 9.17) is 0 Å². The summed E-state index contributed by atoms with van der Waals surface area (Å²) in [5.74, 6) is 1.16. The van der Waals surface area contributed by atoms with Crippen molar-refractivity contribution in [1.82, 2.24) is 0 Å². The van der Waals surface area contributed by atoms with Crippen LogP contribution in [0.25, 0.3) is 0 Å². The van der Waals surface area contributed by atoms with Gasteiger partial charge in [-0.1, -0.05) is 19.8 Å². The fraction of sp³-hybridized carbons (Fsp3) is 1.00. The highest BCUT2D eigenvalue weighted by Gasteiger charge is 2.24. The van der Waals surface area contributed by atoms with E-state index in [9.17, 15) is 13.5 Å². The van der Waals surface area contributed by atoms with Crippen molar-refractivity contribution in [2.75, 3.05) is 11.5 Å². The van der Waals surface area contributed by atoms with Crippen molar-refractivity contribution in [2.24, 2.45) is 5.92 Å². The molecule has 4 heteroatoms. The summed E-state index contributed by atoms with van der Waals surface area (Å²) in [6, 6.07) is 0. The Bertz CT molecular complexity index is 255. The van der Waals surface area contributed by atoms with E-state index < -0.39 is 9.84 Å². The molecule has 0 spiro atoms. The minimum Gasteiger partial charge on any atom is -0.393 e. The second-order valence-electron chi connectivity index (χ2n) is 4.21. The second kappa shape index (κ2) is 5.12. The zero-order chi connectivity index (χ0) is 10.6. The van der Waals surface area contributed by atoms with Crippen molar-refractivity contribution >= 4 is 9.84 Å². The van der Waals surface area contributed by atoms with Gasteiger partial charge in [-0.3, -0.25) is 0 Å². The van der Waals surface area contributed by atoms with Gasteiger partial charge in [0.25, 0.3) is 0 Å². The van der Waals surface area contributed by atoms with Gasteiger partial charge in [0, 0.05) is 5.75 Å². The lowest BCUT2D eigenvalue weighted by Crippen LogP contribution is -2.13. The Labute approximate surface area is 86.4 Å². The largest absolute Gasteiger partial charge is 0.393 e. The molecule has 84 valence electrons. The number of sulfone groups is 1. The van der Waals surface area contributed by atoms with Gasteiger partial charge < -0.3 is 5.11 Å². The van der Waals surface area contributed by atoms with Crippen LogP contribution in [0.3, 0.4) is 0 Å². The molecule has 0 radical (unpaired) electrons. The molecule has 1 unspecified atom stereocenters. The first-order valence-electron chi connectivity index (χ1n) is 5.42. The van der Waals surface area contributed by atoms with Gasteiger partial charge in [-0.15, -0.1) is 0 Å². The van der Waals surface area contributed by atoms with E-state index in [1.807, 2.05) is 0 Å². The molecule has 0 aromatic rings. The normalized spacial score (nSPS) is 19.6. The van der Waals surface area contributed by atoms with E-state index >= 15 is 0 Å². The Kier molecular flexibility index (Phi) is 4.38. The lowest BCUT2D eigenvalue weighted by molar-refractivity contribution is 0.147. The molecular weight excluding hydrogens is 200 g/mol. The predicted octanol–water partition coefficient (Wildman–Crippen LogP) is 1.36. The first kappa shape index (κ1) is 12.0. The summed E-state index contributed by atoms with van der Waals surface area (Å²) in [6.45, 7) is 1.66. The van der Waals surface area contributed by atoms with E-state index in [1.165, 1.54) is 12.8 Å². The minimum atomic E-state index is -2.84. The number of hydrogen-bond acceptors (Lipinski definition) is 3. The quantitative estimate of drug-likeness (QED) is 0.705. The highest BCUT2D eigenvalue weighted by atomic mass is 32.2. The molecule has 0 saturated heterocycles. The Morgan fingerprint density at radius 1 is 1.43 bits per heavy atom. The van der Waals surface area contributed by atoms with Gasteiger partial charge >= 0.3 is 0 Å². The molecule has 0 heterocycles. The molecule has 1 rings (SSSR count). The molecule has 0 bridgehead atoms. The molecule has 0 amide bonds. The molecule has 3 nitrogen and oxygen atoms in total. The maximum atomic E-state index is 11.1. The van der Waals surface area contributed by atoms with Crippen LogP contribution in [0, 0.1) is 5.92 Å². The summed E-state index contributed by atoms with van der Waals surface area (Å²) >= 11 is 0. The van der Waals surface area contributed by atoms with E-state index in [0.29, 0.717) is 18.8 Å². The van der Waals surface area contributed by atoms with Crippen molar-refractivity contribution < 1.29 is 13.5 Å². The fourth-order valence-electron chi connectivity index (χ4n) is 1.54. The van der Waals surface area contributed by atoms with E-state index in [1.54, 1.807) is 6.92 Å². The predicted molar refractivity (Wildman–Crippen MR) is 56.9 cm³/mol. The highest BCUT2D eigenvalue weighted by Crippen LogP contribution is 2.34. The van der Waals surface area contributed by atoms with Crippen molar-refractivity contribution in [3.8, 4) is 0 Å². The van der Waals surface area contributed by atoms with E-state index in [2.05, 4.69) is 0 Å². The van der Waals surface area contributed by atoms with Crippen LogP contribution in [0.15, 0.2) is 0 Å². The number of aliphatic hydroxyl groups is 1. The first-order valence-corrected chi connectivity index (χ1v) is 7.24. The zero-order valence-corrected chi connectivity index (χ0v) is 9.59. The second-order valence-corrected chi connectivity index (χ2v) is 6.68. The van der Waals surface area contributed by atoms with Crippen molar-refractivity contribution in [2.45, 2.75) is 45.1 Å². The molecule has 1 fully saturated rings. The molecule has 1 N–H and O–H groups in total. The van der Waals surface area contributed by atoms with Crippen LogP contribution in [-0.4, -0.2) is 31.1 Å². The summed E-state index contributed by atoms with van der Waals surface area (Å²) in [6.07, 6.45) is 4.30. The molecule has 0 aliphatic heterocycles. The Hall–Kier alpha value is -0.0900. The van der Waals surface area contributed by atoms with Gasteiger partial charge in [0.1, 0.15) is 9.84 Å². The number of hydrogen-bond donors (Lipinski definition) is 1. The van der Waals surface area contributed by atoms with Crippen molar-refractivity contribution in [3.63, 3.8) is 0 Å². The van der Waals surface area contributed by atoms with Crippen LogP contribution in [0.5, 0.6) is 0 Å². The van der Waals surface area contributed by atoms with Crippen LogP contribution in [0.1, 0.15) is 39.0 Å². The highest BCUT2D eigenvalue weighted by molar-refractivity contribution is 7.91. The Morgan fingerprint density at radius 3 is 2.57 bits per heavy atom. The van der Waals surface area contributed by atoms with Gasteiger partial charge in [-0.2, -0.15) is 0 Å². The third-order valence-corrected chi connectivity index (χ3v) is 4.53. The molecule has 14 heavy (non-hydrogen) atoms. The van der Waals surface area contributed by atoms with E-state index in [-0.39, 0.29) is 17.6 Å². The molecule has 0 aromatic heterocycles. The van der Waals surface area contributed by atoms with Gasteiger partial charge in [-0.05, 0) is 25.2 Å². The van der Waals surface area contributed by atoms with Crippen LogP contribution in [0.4, 0.5) is 0 Å². The first-order chi connectivity index (χ1) is 6.53. The fourth-order valence-corrected chi connectivity index (χ4v) is 2.43. The SMILES string of the molecule is CCS(=O)(=O)CCCC(O)CC1CC1. The topological polar surface area (TPSA) is 54.4 Å². The van der Waals surface area contributed by atoms with Crippen LogP contribution >= 0.6 is 0 Å². The molecule has 1 aliphatic carbocycles. The lowest BCUT2D eigenvalue weighted by Gasteiger charge is -2.08. The Morgan fingerprint density at radius 2 is 2.07 bits per heavy atom. The average Bonchev–Trinajstić information content (AvgIpc) is 2.88. The van der Waals surface area contributed by atoms with Gasteiger partial charge in [0.15, 0.2) is 0 Å². The van der Waals surface area contributed by atoms with Gasteiger partial charge in [-0.25, -0.2) is 8.42 Å². The van der Waals surface area contributed by atoms with Crippen LogP contribution < -0.4 is 0 Å². The van der Waals surface area contributed by atoms with E-state index in [0.717, 1.165) is 6.42 Å². The zero-order valence-electron chi connectivity index (χ0n) is 8.78. The summed E-state index contributed by atoms with van der Waals surface area (Å²) in [7, 11) is -2.84. The maximum absolute atomic E-state index is 11.1. The number of rotatable bonds is 7. The smallest absolute Gasteiger partial charge is 0.150 e. The monoisotopic (exact) mass is 220 g/mol. The standard InChI is InChI=1S/C10H20O3S/c1-2-14(12,13)7-3-4-10(11)8-9-5-6-9/h9-11H,2-8H2,1H3. The molecule has 1 saturated carbocycles. The Balaban J connectivity index is 2.07. The van der Waals surface area contributed by atoms with Gasteiger partial charge in [0.2, 0.25) is 0 Å². The average molecular weight is 220 g/mol. The van der Waals surface area contributed by atoms with Crippen LogP contribution in [-0.2, 0) is 9.84 Å². The molecule has 1 aliphatic rings. The molecule has 0 aromatic carbocycles. The lowest BCUT2D eigenvalue weighted by atomic mass is 10.1. The third kappa shape index (κ3) is 4.96. The maximum Gasteiger partial charge on any atom is 0.150 e. The van der Waals surface area contributed by atoms with Crippen molar-refractivity contribution in [3.05, 3.63) is 0 Å². The summed E-state index contributed by atoms with van der Waals surface area (Å²) in [4.78, 5) is 0. The molecule has 1 atom stereocenters. The summed E-state index contributed by atoms with van der Waals surface area (Å²) < 4.78 is 22.3. The summed E-state index contributed by atoms with van der Waals surface area (Å²) in [5.41, 5.74) is 0. The number of aliphatic hydroxyl groups excluding tert-OH is 1.